The molecule has 0 amide bonds. The third-order valence-corrected chi connectivity index (χ3v) is 5.07. The second kappa shape index (κ2) is 7.89. The van der Waals surface area contributed by atoms with Gasteiger partial charge in [0, 0.05) is 16.3 Å². The van der Waals surface area contributed by atoms with Gasteiger partial charge in [-0.05, 0) is 57.4 Å². The van der Waals surface area contributed by atoms with Crippen LogP contribution in [0.25, 0.3) is 0 Å². The highest BCUT2D eigenvalue weighted by Gasteiger charge is 2.33. The van der Waals surface area contributed by atoms with Crippen LogP contribution in [0.2, 0.25) is 0 Å². The number of nitrogens with zero attached hydrogens (tertiary/aromatic N) is 2. The van der Waals surface area contributed by atoms with E-state index in [1.54, 1.807) is 6.07 Å². The molecule has 2 aromatic carbocycles. The van der Waals surface area contributed by atoms with Gasteiger partial charge in [0.15, 0.2) is 0 Å². The molecule has 3 rings (SSSR count). The van der Waals surface area contributed by atoms with Crippen molar-refractivity contribution in [3.8, 4) is 0 Å². The lowest BCUT2D eigenvalue weighted by atomic mass is 10.1. The van der Waals surface area contributed by atoms with Gasteiger partial charge in [0.25, 0.3) is 0 Å². The van der Waals surface area contributed by atoms with E-state index in [0.29, 0.717) is 12.2 Å². The van der Waals surface area contributed by atoms with Crippen LogP contribution in [0.1, 0.15) is 12.0 Å². The van der Waals surface area contributed by atoms with Crippen LogP contribution in [-0.4, -0.2) is 32.1 Å². The van der Waals surface area contributed by atoms with Crippen LogP contribution in [0.5, 0.6) is 0 Å². The molecule has 0 aliphatic carbocycles. The Kier molecular flexibility index (Phi) is 6.30. The highest BCUT2D eigenvalue weighted by atomic mass is 35.5. The Bertz CT molecular complexity index is 735. The smallest absolute Gasteiger partial charge is 0.416 e. The molecular weight excluding hydrogens is 369 g/mol. The minimum absolute atomic E-state index is 0. The normalized spacial score (nSPS) is 13.3. The quantitative estimate of drug-likeness (QED) is 0.794. The van der Waals surface area contributed by atoms with Crippen molar-refractivity contribution >= 4 is 23.1 Å². The van der Waals surface area contributed by atoms with Crippen molar-refractivity contribution in [1.29, 1.82) is 0 Å². The maximum atomic E-state index is 13.1. The average Bonchev–Trinajstić information content (AvgIpc) is 2.52. The predicted octanol–water partition coefficient (Wildman–Crippen LogP) is 2.26. The first-order chi connectivity index (χ1) is 11.4. The fourth-order valence-electron chi connectivity index (χ4n) is 2.79. The number of hydrogen-bond acceptors (Lipinski definition) is 3. The molecule has 0 saturated carbocycles. The van der Waals surface area contributed by atoms with Crippen LogP contribution >= 0.6 is 11.8 Å². The fourth-order valence-corrected chi connectivity index (χ4v) is 3.87. The molecule has 1 aliphatic rings. The molecular formula is C18H19ClF3N2S-. The van der Waals surface area contributed by atoms with E-state index in [-0.39, 0.29) is 12.4 Å². The first-order valence-electron chi connectivity index (χ1n) is 7.76. The predicted molar refractivity (Wildman–Crippen MR) is 92.2 cm³/mol. The van der Waals surface area contributed by atoms with Gasteiger partial charge in [0.05, 0.1) is 16.9 Å². The van der Waals surface area contributed by atoms with Crippen molar-refractivity contribution in [2.45, 2.75) is 22.4 Å². The second-order valence-electron chi connectivity index (χ2n) is 6.06. The topological polar surface area (TPSA) is 6.48 Å². The first kappa shape index (κ1) is 19.9. The molecule has 2 aromatic rings. The van der Waals surface area contributed by atoms with Crippen molar-refractivity contribution in [2.75, 3.05) is 32.1 Å². The van der Waals surface area contributed by atoms with Crippen LogP contribution < -0.4 is 17.3 Å². The number of halogens is 4. The van der Waals surface area contributed by atoms with Gasteiger partial charge in [-0.15, -0.1) is 0 Å². The number of alkyl halides is 3. The van der Waals surface area contributed by atoms with Crippen LogP contribution in [0.15, 0.2) is 52.3 Å². The van der Waals surface area contributed by atoms with Crippen molar-refractivity contribution < 1.29 is 25.6 Å². The highest BCUT2D eigenvalue weighted by molar-refractivity contribution is 7.99. The molecule has 2 nitrogen and oxygen atoms in total. The molecule has 0 radical (unpaired) electrons. The number of fused-ring (bicyclic) bond motifs is 2. The van der Waals surface area contributed by atoms with Gasteiger partial charge in [-0.1, -0.05) is 23.9 Å². The molecule has 0 unspecified atom stereocenters. The van der Waals surface area contributed by atoms with E-state index in [4.69, 9.17) is 0 Å². The lowest BCUT2D eigenvalue weighted by Crippen LogP contribution is -3.00. The van der Waals surface area contributed by atoms with Gasteiger partial charge in [-0.2, -0.15) is 13.2 Å². The monoisotopic (exact) mass is 387 g/mol. The molecule has 0 aromatic heterocycles. The van der Waals surface area contributed by atoms with Crippen LogP contribution in [0, 0.1) is 0 Å². The summed E-state index contributed by atoms with van der Waals surface area (Å²) in [5.41, 5.74) is 1.03. The van der Waals surface area contributed by atoms with Gasteiger partial charge >= 0.3 is 6.18 Å². The maximum Gasteiger partial charge on any atom is 0.416 e. The Labute approximate surface area is 156 Å². The van der Waals surface area contributed by atoms with Crippen molar-refractivity contribution in [2.24, 2.45) is 0 Å². The number of para-hydroxylation sites is 1. The van der Waals surface area contributed by atoms with E-state index in [1.807, 2.05) is 43.3 Å². The van der Waals surface area contributed by atoms with Gasteiger partial charge in [0.1, 0.15) is 0 Å². The summed E-state index contributed by atoms with van der Waals surface area (Å²) < 4.78 is 39.3. The Morgan fingerprint density at radius 3 is 2.36 bits per heavy atom. The third-order valence-electron chi connectivity index (χ3n) is 3.94. The number of rotatable bonds is 4. The molecule has 7 heteroatoms. The molecule has 0 fully saturated rings. The van der Waals surface area contributed by atoms with Crippen molar-refractivity contribution in [3.05, 3.63) is 48.0 Å². The van der Waals surface area contributed by atoms with Crippen molar-refractivity contribution in [1.82, 2.24) is 4.90 Å². The SMILES string of the molecule is CN(C)CCCN1c2ccccc2Sc2ccc(C(F)(F)F)cc21.[Cl-]. The largest absolute Gasteiger partial charge is 1.00 e. The average molecular weight is 388 g/mol. The number of hydrogen-bond donors (Lipinski definition) is 0. The van der Waals surface area contributed by atoms with E-state index in [0.717, 1.165) is 34.5 Å². The highest BCUT2D eigenvalue weighted by Crippen LogP contribution is 2.49. The number of benzene rings is 2. The summed E-state index contributed by atoms with van der Waals surface area (Å²) in [6.07, 6.45) is -3.45. The summed E-state index contributed by atoms with van der Waals surface area (Å²) in [4.78, 5) is 6.04. The van der Waals surface area contributed by atoms with E-state index >= 15 is 0 Å². The molecule has 0 N–H and O–H groups in total. The van der Waals surface area contributed by atoms with Gasteiger partial charge in [0.2, 0.25) is 0 Å². The Hall–Kier alpha value is -1.37. The second-order valence-corrected chi connectivity index (χ2v) is 7.14. The standard InChI is InChI=1S/C18H19F3N2S.ClH/c1-22(2)10-5-11-23-14-6-3-4-7-16(14)24-17-9-8-13(12-15(17)23)18(19,20)21;/h3-4,6-9,12H,5,10-11H2,1-2H3;1H/p-1. The molecule has 1 heterocycles. The summed E-state index contributed by atoms with van der Waals surface area (Å²) in [6.45, 7) is 1.57. The lowest BCUT2D eigenvalue weighted by Gasteiger charge is -2.33. The van der Waals surface area contributed by atoms with Crippen LogP contribution in [-0.2, 0) is 6.18 Å². The summed E-state index contributed by atoms with van der Waals surface area (Å²) in [7, 11) is 3.99. The van der Waals surface area contributed by atoms with E-state index in [1.165, 1.54) is 17.8 Å². The minimum Gasteiger partial charge on any atom is -1.00 e. The van der Waals surface area contributed by atoms with Gasteiger partial charge in [-0.3, -0.25) is 0 Å². The fraction of sp³-hybridized carbons (Fsp3) is 0.333. The van der Waals surface area contributed by atoms with E-state index < -0.39 is 11.7 Å². The Balaban J connectivity index is 0.00000225. The first-order valence-corrected chi connectivity index (χ1v) is 8.58. The Morgan fingerprint density at radius 2 is 1.68 bits per heavy atom. The summed E-state index contributed by atoms with van der Waals surface area (Å²) in [5, 5.41) is 0. The summed E-state index contributed by atoms with van der Waals surface area (Å²) in [6, 6.07) is 11.9. The van der Waals surface area contributed by atoms with Gasteiger partial charge < -0.3 is 22.2 Å². The minimum atomic E-state index is -4.33. The zero-order valence-electron chi connectivity index (χ0n) is 14.0. The summed E-state index contributed by atoms with van der Waals surface area (Å²) >= 11 is 1.53. The van der Waals surface area contributed by atoms with Crippen molar-refractivity contribution in [3.63, 3.8) is 0 Å². The molecule has 25 heavy (non-hydrogen) atoms. The Morgan fingerprint density at radius 1 is 1.00 bits per heavy atom. The maximum absolute atomic E-state index is 13.1. The third kappa shape index (κ3) is 4.43. The van der Waals surface area contributed by atoms with Crippen LogP contribution in [0.3, 0.4) is 0 Å². The molecule has 136 valence electrons. The number of anilines is 2. The molecule has 0 bridgehead atoms. The van der Waals surface area contributed by atoms with Crippen LogP contribution in [0.4, 0.5) is 24.5 Å². The molecule has 0 spiro atoms. The summed E-state index contributed by atoms with van der Waals surface area (Å²) in [5.74, 6) is 0. The zero-order chi connectivity index (χ0) is 17.3. The molecule has 0 saturated heterocycles. The van der Waals surface area contributed by atoms with Gasteiger partial charge in [-0.25, -0.2) is 0 Å². The lowest BCUT2D eigenvalue weighted by molar-refractivity contribution is -0.137. The zero-order valence-corrected chi connectivity index (χ0v) is 15.5. The molecule has 0 atom stereocenters. The molecule has 1 aliphatic heterocycles. The van der Waals surface area contributed by atoms with E-state index in [2.05, 4.69) is 4.90 Å². The van der Waals surface area contributed by atoms with E-state index in [9.17, 15) is 13.2 Å².